The van der Waals surface area contributed by atoms with Gasteiger partial charge in [-0.15, -0.1) is 5.10 Å². The lowest BCUT2D eigenvalue weighted by Crippen LogP contribution is -2.61. The third-order valence-electron chi connectivity index (χ3n) is 5.56. The number of likely N-dealkylation sites (N-methyl/N-ethyl adjacent to an activating group) is 1. The van der Waals surface area contributed by atoms with Gasteiger partial charge >= 0.3 is 0 Å². The van der Waals surface area contributed by atoms with E-state index >= 15 is 0 Å². The standard InChI is InChI=1S/C19H32N4O/c1-18(2,3)16-8-9-17(21-20-16)23-12-15(13-23)22(4)14-19(24)10-6-5-7-11-19/h8-9,15,24H,5-7,10-14H2,1-4H3. The molecule has 0 spiro atoms. The molecule has 134 valence electrons. The van der Waals surface area contributed by atoms with Gasteiger partial charge in [0.05, 0.1) is 11.3 Å². The topological polar surface area (TPSA) is 52.5 Å². The second-order valence-electron chi connectivity index (χ2n) is 8.79. The molecule has 5 nitrogen and oxygen atoms in total. The monoisotopic (exact) mass is 332 g/mol. The molecule has 3 rings (SSSR count). The summed E-state index contributed by atoms with van der Waals surface area (Å²) in [5.74, 6) is 0.962. The van der Waals surface area contributed by atoms with Gasteiger partial charge in [-0.1, -0.05) is 40.0 Å². The molecule has 0 radical (unpaired) electrons. The maximum absolute atomic E-state index is 10.7. The van der Waals surface area contributed by atoms with Crippen LogP contribution in [0, 0.1) is 0 Å². The summed E-state index contributed by atoms with van der Waals surface area (Å²) in [5, 5.41) is 19.5. The Hall–Kier alpha value is -1.20. The predicted octanol–water partition coefficient (Wildman–Crippen LogP) is 2.59. The van der Waals surface area contributed by atoms with Crippen LogP contribution in [0.2, 0.25) is 0 Å². The number of rotatable bonds is 4. The number of aromatic nitrogens is 2. The summed E-state index contributed by atoms with van der Waals surface area (Å²) >= 11 is 0. The first-order valence-electron chi connectivity index (χ1n) is 9.29. The molecule has 0 aromatic carbocycles. The fourth-order valence-electron chi connectivity index (χ4n) is 3.78. The average Bonchev–Trinajstić information content (AvgIpc) is 2.45. The van der Waals surface area contributed by atoms with E-state index in [-0.39, 0.29) is 5.41 Å². The Balaban J connectivity index is 1.51. The first-order valence-corrected chi connectivity index (χ1v) is 9.29. The van der Waals surface area contributed by atoms with Gasteiger partial charge in [0.15, 0.2) is 5.82 Å². The molecule has 1 N–H and O–H groups in total. The first-order chi connectivity index (χ1) is 11.3. The van der Waals surface area contributed by atoms with Crippen LogP contribution in [-0.4, -0.2) is 58.5 Å². The zero-order valence-corrected chi connectivity index (χ0v) is 15.6. The Labute approximate surface area is 146 Å². The molecular formula is C19H32N4O. The fourth-order valence-corrected chi connectivity index (χ4v) is 3.78. The van der Waals surface area contributed by atoms with Gasteiger partial charge in [-0.3, -0.25) is 4.90 Å². The van der Waals surface area contributed by atoms with Crippen molar-refractivity contribution in [3.63, 3.8) is 0 Å². The zero-order chi connectivity index (χ0) is 17.4. The molecule has 0 amide bonds. The van der Waals surface area contributed by atoms with Crippen molar-refractivity contribution in [2.24, 2.45) is 0 Å². The van der Waals surface area contributed by atoms with Gasteiger partial charge in [0.2, 0.25) is 0 Å². The van der Waals surface area contributed by atoms with Crippen LogP contribution in [0.3, 0.4) is 0 Å². The number of nitrogens with zero attached hydrogens (tertiary/aromatic N) is 4. The maximum atomic E-state index is 10.7. The fraction of sp³-hybridized carbons (Fsp3) is 0.789. The predicted molar refractivity (Wildman–Crippen MR) is 97.4 cm³/mol. The van der Waals surface area contributed by atoms with Crippen molar-refractivity contribution in [1.29, 1.82) is 0 Å². The highest BCUT2D eigenvalue weighted by Crippen LogP contribution is 2.30. The molecule has 0 unspecified atom stereocenters. The largest absolute Gasteiger partial charge is 0.389 e. The summed E-state index contributed by atoms with van der Waals surface area (Å²) in [6, 6.07) is 4.67. The molecule has 2 heterocycles. The Bertz CT molecular complexity index is 539. The molecular weight excluding hydrogens is 300 g/mol. The number of hydrogen-bond acceptors (Lipinski definition) is 5. The lowest BCUT2D eigenvalue weighted by Gasteiger charge is -2.47. The Morgan fingerprint density at radius 1 is 1.17 bits per heavy atom. The minimum Gasteiger partial charge on any atom is -0.389 e. The normalized spacial score (nSPS) is 21.8. The Morgan fingerprint density at radius 2 is 1.83 bits per heavy atom. The van der Waals surface area contributed by atoms with Crippen molar-refractivity contribution in [3.8, 4) is 0 Å². The van der Waals surface area contributed by atoms with Crippen LogP contribution in [0.5, 0.6) is 0 Å². The van der Waals surface area contributed by atoms with Crippen LogP contribution in [-0.2, 0) is 5.41 Å². The smallest absolute Gasteiger partial charge is 0.151 e. The van der Waals surface area contributed by atoms with Crippen molar-refractivity contribution in [1.82, 2.24) is 15.1 Å². The molecule has 1 saturated carbocycles. The van der Waals surface area contributed by atoms with E-state index in [4.69, 9.17) is 0 Å². The zero-order valence-electron chi connectivity index (χ0n) is 15.6. The van der Waals surface area contributed by atoms with E-state index in [1.54, 1.807) is 0 Å². The van der Waals surface area contributed by atoms with Crippen molar-refractivity contribution >= 4 is 5.82 Å². The van der Waals surface area contributed by atoms with Crippen molar-refractivity contribution < 1.29 is 5.11 Å². The number of anilines is 1. The molecule has 2 aliphatic rings. The van der Waals surface area contributed by atoms with Gasteiger partial charge in [0, 0.05) is 31.1 Å². The summed E-state index contributed by atoms with van der Waals surface area (Å²) in [6.45, 7) is 9.19. The highest BCUT2D eigenvalue weighted by Gasteiger charge is 2.36. The van der Waals surface area contributed by atoms with Crippen LogP contribution < -0.4 is 4.90 Å². The van der Waals surface area contributed by atoms with Crippen LogP contribution in [0.15, 0.2) is 12.1 Å². The van der Waals surface area contributed by atoms with Crippen LogP contribution >= 0.6 is 0 Å². The van der Waals surface area contributed by atoms with Gasteiger partial charge in [0.25, 0.3) is 0 Å². The lowest BCUT2D eigenvalue weighted by molar-refractivity contribution is -0.0316. The molecule has 24 heavy (non-hydrogen) atoms. The summed E-state index contributed by atoms with van der Waals surface area (Å²) in [6.07, 6.45) is 5.50. The molecule has 0 atom stereocenters. The van der Waals surface area contributed by atoms with E-state index in [0.29, 0.717) is 6.04 Å². The van der Waals surface area contributed by atoms with Gasteiger partial charge < -0.3 is 10.0 Å². The van der Waals surface area contributed by atoms with E-state index < -0.39 is 5.60 Å². The molecule has 1 saturated heterocycles. The second-order valence-corrected chi connectivity index (χ2v) is 8.79. The second kappa shape index (κ2) is 6.60. The molecule has 5 heteroatoms. The van der Waals surface area contributed by atoms with Crippen molar-refractivity contribution in [2.45, 2.75) is 69.9 Å². The summed E-state index contributed by atoms with van der Waals surface area (Å²) in [4.78, 5) is 4.60. The minimum absolute atomic E-state index is 0.0403. The quantitative estimate of drug-likeness (QED) is 0.918. The first kappa shape index (κ1) is 17.6. The number of aliphatic hydroxyl groups is 1. The van der Waals surface area contributed by atoms with Crippen molar-refractivity contribution in [2.75, 3.05) is 31.6 Å². The Morgan fingerprint density at radius 3 is 2.38 bits per heavy atom. The van der Waals surface area contributed by atoms with Gasteiger partial charge in [-0.2, -0.15) is 5.10 Å². The van der Waals surface area contributed by atoms with Crippen LogP contribution in [0.25, 0.3) is 0 Å². The Kier molecular flexibility index (Phi) is 4.85. The summed E-state index contributed by atoms with van der Waals surface area (Å²) < 4.78 is 0. The van der Waals surface area contributed by atoms with E-state index in [1.807, 2.05) is 0 Å². The average molecular weight is 332 g/mol. The van der Waals surface area contributed by atoms with Crippen LogP contribution in [0.4, 0.5) is 5.82 Å². The summed E-state index contributed by atoms with van der Waals surface area (Å²) in [7, 11) is 2.14. The SMILES string of the molecule is CN(CC1(O)CCCCC1)C1CN(c2ccc(C(C)(C)C)nn2)C1. The minimum atomic E-state index is -0.471. The maximum Gasteiger partial charge on any atom is 0.151 e. The lowest BCUT2D eigenvalue weighted by atomic mass is 9.84. The van der Waals surface area contributed by atoms with E-state index in [9.17, 15) is 5.11 Å². The third kappa shape index (κ3) is 3.89. The molecule has 2 fully saturated rings. The van der Waals surface area contributed by atoms with E-state index in [2.05, 4.69) is 59.9 Å². The molecule has 1 aliphatic carbocycles. The molecule has 0 bridgehead atoms. The molecule has 1 aromatic heterocycles. The van der Waals surface area contributed by atoms with Gasteiger partial charge in [-0.05, 0) is 32.0 Å². The van der Waals surface area contributed by atoms with E-state index in [0.717, 1.165) is 56.8 Å². The van der Waals surface area contributed by atoms with Gasteiger partial charge in [0.1, 0.15) is 0 Å². The van der Waals surface area contributed by atoms with Gasteiger partial charge in [-0.25, -0.2) is 0 Å². The molecule has 1 aliphatic heterocycles. The highest BCUT2D eigenvalue weighted by atomic mass is 16.3. The van der Waals surface area contributed by atoms with E-state index in [1.165, 1.54) is 6.42 Å². The molecule has 1 aromatic rings. The van der Waals surface area contributed by atoms with Crippen molar-refractivity contribution in [3.05, 3.63) is 17.8 Å². The highest BCUT2D eigenvalue weighted by molar-refractivity contribution is 5.42. The summed E-state index contributed by atoms with van der Waals surface area (Å²) in [5.41, 5.74) is 0.597. The van der Waals surface area contributed by atoms with Crippen LogP contribution in [0.1, 0.15) is 58.6 Å². The number of hydrogen-bond donors (Lipinski definition) is 1. The third-order valence-corrected chi connectivity index (χ3v) is 5.56.